The number of para-hydroxylation sites is 1. The van der Waals surface area contributed by atoms with Crippen LogP contribution in [0.25, 0.3) is 0 Å². The Morgan fingerprint density at radius 3 is 2.32 bits per heavy atom. The lowest BCUT2D eigenvalue weighted by molar-refractivity contribution is -0.0585. The SMILES string of the molecule is C[C@H]1CN(C(=O)c2ccccc2NC(=O)c2ccc3c(c2)C(=O)N(C)C3=O)C[C@H](C)O1. The van der Waals surface area contributed by atoms with E-state index in [1.54, 1.807) is 29.2 Å². The van der Waals surface area contributed by atoms with Gasteiger partial charge in [0.2, 0.25) is 0 Å². The highest BCUT2D eigenvalue weighted by molar-refractivity contribution is 6.22. The van der Waals surface area contributed by atoms with Crippen molar-refractivity contribution in [1.82, 2.24) is 9.80 Å². The zero-order valence-electron chi connectivity index (χ0n) is 17.5. The van der Waals surface area contributed by atoms with E-state index in [4.69, 9.17) is 4.74 Å². The average Bonchev–Trinajstić information content (AvgIpc) is 2.96. The summed E-state index contributed by atoms with van der Waals surface area (Å²) in [7, 11) is 1.40. The van der Waals surface area contributed by atoms with Gasteiger partial charge in [-0.1, -0.05) is 12.1 Å². The lowest BCUT2D eigenvalue weighted by atomic mass is 10.0. The van der Waals surface area contributed by atoms with Gasteiger partial charge in [-0.25, -0.2) is 0 Å². The Balaban J connectivity index is 1.57. The van der Waals surface area contributed by atoms with E-state index in [2.05, 4.69) is 5.32 Å². The van der Waals surface area contributed by atoms with E-state index in [0.29, 0.717) is 24.3 Å². The third-order valence-corrected chi connectivity index (χ3v) is 5.46. The maximum Gasteiger partial charge on any atom is 0.261 e. The maximum atomic E-state index is 13.1. The molecule has 1 fully saturated rings. The molecule has 160 valence electrons. The molecule has 1 N–H and O–H groups in total. The minimum absolute atomic E-state index is 0.0701. The van der Waals surface area contributed by atoms with Crippen LogP contribution in [0.15, 0.2) is 42.5 Å². The van der Waals surface area contributed by atoms with Crippen LogP contribution in [0.1, 0.15) is 55.3 Å². The fraction of sp³-hybridized carbons (Fsp3) is 0.304. The minimum Gasteiger partial charge on any atom is -0.372 e. The van der Waals surface area contributed by atoms with Gasteiger partial charge in [0.1, 0.15) is 0 Å². The Bertz CT molecular complexity index is 1090. The van der Waals surface area contributed by atoms with Crippen molar-refractivity contribution in [2.24, 2.45) is 0 Å². The van der Waals surface area contributed by atoms with E-state index in [-0.39, 0.29) is 34.8 Å². The molecule has 2 aromatic rings. The van der Waals surface area contributed by atoms with Crippen molar-refractivity contribution >= 4 is 29.3 Å². The number of nitrogens with one attached hydrogen (secondary N) is 1. The van der Waals surface area contributed by atoms with Crippen LogP contribution in [0.4, 0.5) is 5.69 Å². The van der Waals surface area contributed by atoms with Gasteiger partial charge in [0.05, 0.1) is 34.6 Å². The van der Waals surface area contributed by atoms with Crippen LogP contribution in [-0.4, -0.2) is 65.8 Å². The summed E-state index contributed by atoms with van der Waals surface area (Å²) in [6, 6.07) is 11.2. The zero-order valence-corrected chi connectivity index (χ0v) is 17.5. The average molecular weight is 421 g/mol. The molecular weight excluding hydrogens is 398 g/mol. The van der Waals surface area contributed by atoms with Crippen molar-refractivity contribution in [1.29, 1.82) is 0 Å². The smallest absolute Gasteiger partial charge is 0.261 e. The molecule has 8 nitrogen and oxygen atoms in total. The predicted molar refractivity (Wildman–Crippen MR) is 113 cm³/mol. The van der Waals surface area contributed by atoms with Gasteiger partial charge in [-0.15, -0.1) is 0 Å². The molecule has 0 spiro atoms. The molecular formula is C23H23N3O5. The van der Waals surface area contributed by atoms with E-state index in [1.165, 1.54) is 25.2 Å². The van der Waals surface area contributed by atoms with Gasteiger partial charge in [-0.3, -0.25) is 24.1 Å². The fourth-order valence-corrected chi connectivity index (χ4v) is 3.99. The quantitative estimate of drug-likeness (QED) is 0.768. The molecule has 0 bridgehead atoms. The molecule has 2 aromatic carbocycles. The van der Waals surface area contributed by atoms with Gasteiger partial charge in [-0.2, -0.15) is 0 Å². The molecule has 2 atom stereocenters. The second-order valence-corrected chi connectivity index (χ2v) is 7.90. The van der Waals surface area contributed by atoms with Crippen LogP contribution in [0, 0.1) is 0 Å². The van der Waals surface area contributed by atoms with Crippen molar-refractivity contribution < 1.29 is 23.9 Å². The second kappa shape index (κ2) is 7.96. The van der Waals surface area contributed by atoms with Crippen molar-refractivity contribution in [3.63, 3.8) is 0 Å². The predicted octanol–water partition coefficient (Wildman–Crippen LogP) is 2.41. The molecule has 31 heavy (non-hydrogen) atoms. The second-order valence-electron chi connectivity index (χ2n) is 7.90. The lowest BCUT2D eigenvalue weighted by Gasteiger charge is -2.35. The molecule has 4 amide bonds. The van der Waals surface area contributed by atoms with Crippen LogP contribution >= 0.6 is 0 Å². The highest BCUT2D eigenvalue weighted by Crippen LogP contribution is 2.25. The molecule has 0 saturated carbocycles. The molecule has 0 radical (unpaired) electrons. The van der Waals surface area contributed by atoms with Crippen LogP contribution in [0.5, 0.6) is 0 Å². The first-order valence-corrected chi connectivity index (χ1v) is 10.1. The normalized spacial score (nSPS) is 20.6. The molecule has 0 aliphatic carbocycles. The number of amides is 4. The van der Waals surface area contributed by atoms with Gasteiger partial charge in [0, 0.05) is 25.7 Å². The number of rotatable bonds is 3. The van der Waals surface area contributed by atoms with Gasteiger partial charge < -0.3 is 15.0 Å². The van der Waals surface area contributed by atoms with Gasteiger partial charge in [0.15, 0.2) is 0 Å². The molecule has 2 aliphatic heterocycles. The summed E-state index contributed by atoms with van der Waals surface area (Å²) >= 11 is 0. The number of hydrogen-bond acceptors (Lipinski definition) is 5. The summed E-state index contributed by atoms with van der Waals surface area (Å²) < 4.78 is 5.70. The number of carbonyl (C=O) groups is 4. The minimum atomic E-state index is -0.471. The molecule has 0 unspecified atom stereocenters. The van der Waals surface area contributed by atoms with E-state index in [1.807, 2.05) is 13.8 Å². The molecule has 2 heterocycles. The van der Waals surface area contributed by atoms with E-state index in [9.17, 15) is 19.2 Å². The Morgan fingerprint density at radius 2 is 1.61 bits per heavy atom. The van der Waals surface area contributed by atoms with E-state index >= 15 is 0 Å². The van der Waals surface area contributed by atoms with Gasteiger partial charge in [0.25, 0.3) is 23.6 Å². The summed E-state index contributed by atoms with van der Waals surface area (Å²) in [6.45, 7) is 4.78. The summed E-state index contributed by atoms with van der Waals surface area (Å²) in [5.41, 5.74) is 1.45. The summed E-state index contributed by atoms with van der Waals surface area (Å²) in [5.74, 6) is -1.49. The van der Waals surface area contributed by atoms with Crippen molar-refractivity contribution in [3.8, 4) is 0 Å². The Labute approximate surface area is 179 Å². The molecule has 8 heteroatoms. The van der Waals surface area contributed by atoms with Crippen LogP contribution in [0.2, 0.25) is 0 Å². The number of imide groups is 1. The van der Waals surface area contributed by atoms with Crippen LogP contribution in [0.3, 0.4) is 0 Å². The van der Waals surface area contributed by atoms with E-state index in [0.717, 1.165) is 4.90 Å². The van der Waals surface area contributed by atoms with Gasteiger partial charge >= 0.3 is 0 Å². The topological polar surface area (TPSA) is 96.0 Å². The Hall–Kier alpha value is -3.52. The third kappa shape index (κ3) is 3.82. The highest BCUT2D eigenvalue weighted by atomic mass is 16.5. The molecule has 1 saturated heterocycles. The molecule has 4 rings (SSSR count). The third-order valence-electron chi connectivity index (χ3n) is 5.46. The first kappa shape index (κ1) is 20.7. The number of anilines is 1. The summed E-state index contributed by atoms with van der Waals surface area (Å²) in [6.07, 6.45) is -0.140. The Morgan fingerprint density at radius 1 is 0.968 bits per heavy atom. The summed E-state index contributed by atoms with van der Waals surface area (Å²) in [5, 5.41) is 2.77. The molecule has 2 aliphatic rings. The largest absolute Gasteiger partial charge is 0.372 e. The number of nitrogens with zero attached hydrogens (tertiary/aromatic N) is 2. The van der Waals surface area contributed by atoms with Crippen LogP contribution < -0.4 is 5.32 Å². The maximum absolute atomic E-state index is 13.1. The van der Waals surface area contributed by atoms with Crippen LogP contribution in [-0.2, 0) is 4.74 Å². The summed E-state index contributed by atoms with van der Waals surface area (Å²) in [4.78, 5) is 53.0. The van der Waals surface area contributed by atoms with Crippen molar-refractivity contribution in [2.75, 3.05) is 25.5 Å². The molecule has 0 aromatic heterocycles. The van der Waals surface area contributed by atoms with Crippen molar-refractivity contribution in [2.45, 2.75) is 26.1 Å². The lowest BCUT2D eigenvalue weighted by Crippen LogP contribution is -2.48. The fourth-order valence-electron chi connectivity index (χ4n) is 3.99. The van der Waals surface area contributed by atoms with Gasteiger partial charge in [-0.05, 0) is 44.2 Å². The Kier molecular flexibility index (Phi) is 5.32. The first-order chi connectivity index (χ1) is 14.8. The number of carbonyl (C=O) groups excluding carboxylic acids is 4. The van der Waals surface area contributed by atoms with Crippen molar-refractivity contribution in [3.05, 3.63) is 64.7 Å². The monoisotopic (exact) mass is 421 g/mol. The zero-order chi connectivity index (χ0) is 22.3. The standard InChI is InChI=1S/C23H23N3O5/c1-13-11-26(12-14(2)31-13)23(30)17-6-4-5-7-19(17)24-20(27)15-8-9-16-18(10-15)22(29)25(3)21(16)28/h4-10,13-14H,11-12H2,1-3H3,(H,24,27)/t13-,14-/m0/s1. The first-order valence-electron chi connectivity index (χ1n) is 10.1. The number of fused-ring (bicyclic) bond motifs is 1. The highest BCUT2D eigenvalue weighted by Gasteiger charge is 2.33. The van der Waals surface area contributed by atoms with E-state index < -0.39 is 17.7 Å². The number of morpholine rings is 1. The number of ether oxygens (including phenoxy) is 1. The number of hydrogen-bond donors (Lipinski definition) is 1. The number of benzene rings is 2.